The minimum Gasteiger partial charge on any atom is -0.450 e. The Morgan fingerprint density at radius 3 is 2.68 bits per heavy atom. The molecule has 25 heavy (non-hydrogen) atoms. The van der Waals surface area contributed by atoms with Crippen molar-refractivity contribution in [3.05, 3.63) is 53.1 Å². The van der Waals surface area contributed by atoms with Gasteiger partial charge in [-0.15, -0.1) is 5.10 Å². The van der Waals surface area contributed by atoms with E-state index in [4.69, 9.17) is 4.74 Å². The molecule has 2 aromatic heterocycles. The lowest BCUT2D eigenvalue weighted by atomic mass is 10.2. The van der Waals surface area contributed by atoms with Crippen LogP contribution in [0.1, 0.15) is 27.6 Å². The molecule has 0 bridgehead atoms. The van der Waals surface area contributed by atoms with Gasteiger partial charge in [-0.3, -0.25) is 4.79 Å². The number of fused-ring (bicyclic) bond motifs is 1. The summed E-state index contributed by atoms with van der Waals surface area (Å²) >= 11 is 0. The molecule has 0 saturated carbocycles. The highest BCUT2D eigenvalue weighted by atomic mass is 16.5. The van der Waals surface area contributed by atoms with Crippen LogP contribution in [-0.4, -0.2) is 38.1 Å². The summed E-state index contributed by atoms with van der Waals surface area (Å²) in [6.45, 7) is 5.12. The van der Waals surface area contributed by atoms with Gasteiger partial charge in [0.15, 0.2) is 6.61 Å². The lowest BCUT2D eigenvalue weighted by molar-refractivity contribution is -0.119. The van der Waals surface area contributed by atoms with Gasteiger partial charge in [-0.2, -0.15) is 4.98 Å². The quantitative estimate of drug-likeness (QED) is 0.728. The molecule has 0 saturated heterocycles. The number of esters is 1. The summed E-state index contributed by atoms with van der Waals surface area (Å²) in [7, 11) is 0. The van der Waals surface area contributed by atoms with Crippen molar-refractivity contribution < 1.29 is 14.3 Å². The lowest BCUT2D eigenvalue weighted by Crippen LogP contribution is -2.21. The van der Waals surface area contributed by atoms with E-state index in [1.54, 1.807) is 6.07 Å². The molecular formula is C17H17N5O3. The molecule has 0 atom stereocenters. The number of nitrogens with one attached hydrogen (secondary N) is 1. The molecule has 1 aromatic carbocycles. The van der Waals surface area contributed by atoms with Gasteiger partial charge in [-0.05, 0) is 38.5 Å². The molecule has 0 aliphatic heterocycles. The minimum atomic E-state index is -0.775. The van der Waals surface area contributed by atoms with Crippen LogP contribution in [0.5, 0.6) is 0 Å². The van der Waals surface area contributed by atoms with Gasteiger partial charge in [0.25, 0.3) is 17.5 Å². The van der Waals surface area contributed by atoms with Crippen molar-refractivity contribution in [3.63, 3.8) is 0 Å². The maximum absolute atomic E-state index is 12.1. The van der Waals surface area contributed by atoms with E-state index in [9.17, 15) is 9.59 Å². The number of anilines is 1. The van der Waals surface area contributed by atoms with Crippen LogP contribution >= 0.6 is 0 Å². The average molecular weight is 339 g/mol. The second kappa shape index (κ2) is 6.68. The summed E-state index contributed by atoms with van der Waals surface area (Å²) in [4.78, 5) is 32.2. The van der Waals surface area contributed by atoms with Crippen molar-refractivity contribution in [2.24, 2.45) is 0 Å². The number of nitrogens with zero attached hydrogens (tertiary/aromatic N) is 4. The first kappa shape index (κ1) is 16.6. The average Bonchev–Trinajstić information content (AvgIpc) is 2.99. The molecule has 1 N–H and O–H groups in total. The Balaban J connectivity index is 1.65. The van der Waals surface area contributed by atoms with Gasteiger partial charge in [0.1, 0.15) is 0 Å². The Labute approximate surface area is 143 Å². The van der Waals surface area contributed by atoms with Crippen molar-refractivity contribution >= 4 is 23.3 Å². The van der Waals surface area contributed by atoms with Gasteiger partial charge >= 0.3 is 5.97 Å². The number of amides is 1. The van der Waals surface area contributed by atoms with Crippen LogP contribution in [0.3, 0.4) is 0 Å². The van der Waals surface area contributed by atoms with E-state index in [1.807, 2.05) is 45.0 Å². The van der Waals surface area contributed by atoms with Crippen LogP contribution in [0.4, 0.5) is 5.69 Å². The molecule has 0 aliphatic carbocycles. The molecule has 0 unspecified atom stereocenters. The van der Waals surface area contributed by atoms with Gasteiger partial charge < -0.3 is 10.1 Å². The van der Waals surface area contributed by atoms with Crippen LogP contribution in [0.2, 0.25) is 0 Å². The van der Waals surface area contributed by atoms with E-state index in [1.165, 1.54) is 4.52 Å². The zero-order valence-electron chi connectivity index (χ0n) is 14.1. The number of hydrogen-bond donors (Lipinski definition) is 1. The first-order valence-electron chi connectivity index (χ1n) is 7.67. The van der Waals surface area contributed by atoms with Crippen LogP contribution in [-0.2, 0) is 9.53 Å². The number of aryl methyl sites for hydroxylation is 3. The second-order valence-corrected chi connectivity index (χ2v) is 5.63. The molecule has 1 amide bonds. The number of carbonyl (C=O) groups excluding carboxylic acids is 2. The highest BCUT2D eigenvalue weighted by Crippen LogP contribution is 2.13. The fraction of sp³-hybridized carbons (Fsp3) is 0.235. The predicted molar refractivity (Wildman–Crippen MR) is 90.3 cm³/mol. The van der Waals surface area contributed by atoms with Crippen LogP contribution in [0.25, 0.3) is 5.78 Å². The highest BCUT2D eigenvalue weighted by Gasteiger charge is 2.18. The monoisotopic (exact) mass is 339 g/mol. The summed E-state index contributed by atoms with van der Waals surface area (Å²) in [5.41, 5.74) is 3.16. The van der Waals surface area contributed by atoms with Gasteiger partial charge in [0.05, 0.1) is 0 Å². The fourth-order valence-corrected chi connectivity index (χ4v) is 2.35. The molecule has 8 nitrogen and oxygen atoms in total. The molecule has 0 radical (unpaired) electrons. The topological polar surface area (TPSA) is 98.5 Å². The van der Waals surface area contributed by atoms with Gasteiger partial charge in [0, 0.05) is 17.1 Å². The number of carbonyl (C=O) groups is 2. The van der Waals surface area contributed by atoms with E-state index < -0.39 is 18.5 Å². The van der Waals surface area contributed by atoms with Crippen molar-refractivity contribution in [1.82, 2.24) is 19.6 Å². The van der Waals surface area contributed by atoms with E-state index in [0.29, 0.717) is 11.5 Å². The number of aromatic nitrogens is 4. The zero-order valence-corrected chi connectivity index (χ0v) is 14.1. The number of rotatable bonds is 4. The highest BCUT2D eigenvalue weighted by molar-refractivity contribution is 5.94. The van der Waals surface area contributed by atoms with Crippen molar-refractivity contribution in [3.8, 4) is 0 Å². The SMILES string of the molecule is Cc1cc(C)n2nc(C(=O)OCC(=O)Nc3ccccc3C)nc2n1. The predicted octanol–water partition coefficient (Wildman–Crippen LogP) is 1.85. The number of ether oxygens (including phenoxy) is 1. The van der Waals surface area contributed by atoms with Crippen molar-refractivity contribution in [2.75, 3.05) is 11.9 Å². The fourth-order valence-electron chi connectivity index (χ4n) is 2.35. The second-order valence-electron chi connectivity index (χ2n) is 5.63. The summed E-state index contributed by atoms with van der Waals surface area (Å²) in [5.74, 6) is -1.03. The molecule has 0 fully saturated rings. The van der Waals surface area contributed by atoms with E-state index in [2.05, 4.69) is 20.4 Å². The normalized spacial score (nSPS) is 10.7. The largest absolute Gasteiger partial charge is 0.450 e. The Morgan fingerprint density at radius 1 is 1.16 bits per heavy atom. The molecular weight excluding hydrogens is 322 g/mol. The third kappa shape index (κ3) is 3.63. The lowest BCUT2D eigenvalue weighted by Gasteiger charge is -2.07. The Bertz CT molecular complexity index is 964. The zero-order chi connectivity index (χ0) is 18.0. The van der Waals surface area contributed by atoms with Crippen molar-refractivity contribution in [2.45, 2.75) is 20.8 Å². The maximum atomic E-state index is 12.1. The van der Waals surface area contributed by atoms with E-state index in [0.717, 1.165) is 17.0 Å². The Kier molecular flexibility index (Phi) is 4.42. The van der Waals surface area contributed by atoms with Crippen LogP contribution in [0.15, 0.2) is 30.3 Å². The molecule has 2 heterocycles. The van der Waals surface area contributed by atoms with Gasteiger partial charge in [-0.25, -0.2) is 14.3 Å². The standard InChI is InChI=1S/C17H17N5O3/c1-10-6-4-5-7-13(10)19-14(23)9-25-16(24)15-20-17-18-11(2)8-12(3)22(17)21-15/h4-8H,9H2,1-3H3,(H,19,23). The number of hydrogen-bond acceptors (Lipinski definition) is 6. The summed E-state index contributed by atoms with van der Waals surface area (Å²) in [6, 6.07) is 9.16. The third-order valence-electron chi connectivity index (χ3n) is 3.55. The van der Waals surface area contributed by atoms with Crippen LogP contribution < -0.4 is 5.32 Å². The van der Waals surface area contributed by atoms with Gasteiger partial charge in [0.2, 0.25) is 0 Å². The molecule has 0 spiro atoms. The Hall–Kier alpha value is -3.29. The first-order valence-corrected chi connectivity index (χ1v) is 7.67. The van der Waals surface area contributed by atoms with Crippen molar-refractivity contribution in [1.29, 1.82) is 0 Å². The summed E-state index contributed by atoms with van der Waals surface area (Å²) < 4.78 is 6.44. The van der Waals surface area contributed by atoms with E-state index >= 15 is 0 Å². The summed E-state index contributed by atoms with van der Waals surface area (Å²) in [5, 5.41) is 6.75. The van der Waals surface area contributed by atoms with Crippen LogP contribution in [0, 0.1) is 20.8 Å². The molecule has 8 heteroatoms. The Morgan fingerprint density at radius 2 is 1.92 bits per heavy atom. The van der Waals surface area contributed by atoms with E-state index in [-0.39, 0.29) is 5.82 Å². The third-order valence-corrected chi connectivity index (χ3v) is 3.55. The number of para-hydroxylation sites is 1. The smallest absolute Gasteiger partial charge is 0.378 e. The first-order chi connectivity index (χ1) is 11.9. The van der Waals surface area contributed by atoms with Gasteiger partial charge in [-0.1, -0.05) is 18.2 Å². The number of benzene rings is 1. The molecule has 128 valence electrons. The molecule has 3 rings (SSSR count). The maximum Gasteiger partial charge on any atom is 0.378 e. The molecule has 3 aromatic rings. The molecule has 0 aliphatic rings. The summed E-state index contributed by atoms with van der Waals surface area (Å²) in [6.07, 6.45) is 0. The minimum absolute atomic E-state index is 0.134.